The molecule has 0 fully saturated rings. The lowest BCUT2D eigenvalue weighted by atomic mass is 10.2. The maximum Gasteiger partial charge on any atom is 0.234 e. The Morgan fingerprint density at radius 1 is 1.16 bits per heavy atom. The highest BCUT2D eigenvalue weighted by Crippen LogP contribution is 2.15. The zero-order chi connectivity index (χ0) is 13.1. The van der Waals surface area contributed by atoms with Gasteiger partial charge in [0.1, 0.15) is 12.7 Å². The van der Waals surface area contributed by atoms with Gasteiger partial charge in [-0.3, -0.25) is 0 Å². The van der Waals surface area contributed by atoms with E-state index in [0.717, 1.165) is 11.1 Å². The topological polar surface area (TPSA) is 50.3 Å². The Morgan fingerprint density at radius 2 is 2.00 bits per heavy atom. The number of ether oxygens (including phenoxy) is 1. The van der Waals surface area contributed by atoms with Crippen LogP contribution in [0.5, 0.6) is 5.88 Å². The molecule has 2 heterocycles. The average molecular weight is 249 g/mol. The van der Waals surface area contributed by atoms with Gasteiger partial charge in [0.05, 0.1) is 11.1 Å². The molecule has 0 spiro atoms. The lowest BCUT2D eigenvalue weighted by Crippen LogP contribution is -1.96. The van der Waals surface area contributed by atoms with Crippen LogP contribution in [0.15, 0.2) is 54.7 Å². The largest absolute Gasteiger partial charge is 0.472 e. The first-order valence-electron chi connectivity index (χ1n) is 5.91. The fourth-order valence-corrected chi connectivity index (χ4v) is 1.83. The second-order valence-electron chi connectivity index (χ2n) is 4.16. The van der Waals surface area contributed by atoms with Crippen molar-refractivity contribution in [3.8, 4) is 11.9 Å². The summed E-state index contributed by atoms with van der Waals surface area (Å²) in [4.78, 5) is 0. The molecule has 3 rings (SSSR count). The molecule has 19 heavy (non-hydrogen) atoms. The summed E-state index contributed by atoms with van der Waals surface area (Å²) in [6.07, 6.45) is 1.69. The predicted octanol–water partition coefficient (Wildman–Crippen LogP) is 2.78. The van der Waals surface area contributed by atoms with Crippen molar-refractivity contribution in [3.05, 3.63) is 65.9 Å². The zero-order valence-electron chi connectivity index (χ0n) is 10.2. The van der Waals surface area contributed by atoms with Crippen molar-refractivity contribution in [2.75, 3.05) is 0 Å². The Balaban J connectivity index is 1.80. The minimum absolute atomic E-state index is 0.482. The van der Waals surface area contributed by atoms with Crippen LogP contribution in [0, 0.1) is 11.3 Å². The van der Waals surface area contributed by atoms with Crippen LogP contribution in [-0.4, -0.2) is 9.61 Å². The molecule has 0 aliphatic rings. The van der Waals surface area contributed by atoms with Gasteiger partial charge in [-0.25, -0.2) is 4.52 Å². The third-order valence-corrected chi connectivity index (χ3v) is 2.80. The van der Waals surface area contributed by atoms with Crippen LogP contribution < -0.4 is 4.74 Å². The van der Waals surface area contributed by atoms with E-state index in [9.17, 15) is 0 Å². The molecule has 0 atom stereocenters. The molecule has 0 N–H and O–H groups in total. The van der Waals surface area contributed by atoms with Gasteiger partial charge in [0.2, 0.25) is 5.88 Å². The first-order valence-corrected chi connectivity index (χ1v) is 5.91. The minimum Gasteiger partial charge on any atom is -0.472 e. The van der Waals surface area contributed by atoms with Crippen molar-refractivity contribution in [1.29, 1.82) is 5.26 Å². The van der Waals surface area contributed by atoms with Crippen LogP contribution in [0.25, 0.3) is 5.52 Å². The van der Waals surface area contributed by atoms with E-state index in [1.165, 1.54) is 0 Å². The van der Waals surface area contributed by atoms with E-state index < -0.39 is 0 Å². The normalized spacial score (nSPS) is 10.3. The van der Waals surface area contributed by atoms with Crippen LogP contribution >= 0.6 is 0 Å². The van der Waals surface area contributed by atoms with Gasteiger partial charge in [0, 0.05) is 12.3 Å². The average Bonchev–Trinajstić information content (AvgIpc) is 2.88. The van der Waals surface area contributed by atoms with E-state index in [1.54, 1.807) is 16.8 Å². The molecule has 0 bridgehead atoms. The Morgan fingerprint density at radius 3 is 2.79 bits per heavy atom. The van der Waals surface area contributed by atoms with Crippen molar-refractivity contribution in [2.24, 2.45) is 0 Å². The number of hydrogen-bond acceptors (Lipinski definition) is 3. The van der Waals surface area contributed by atoms with Gasteiger partial charge in [0.15, 0.2) is 0 Å². The molecular weight excluding hydrogens is 238 g/mol. The maximum absolute atomic E-state index is 8.83. The first kappa shape index (κ1) is 11.3. The number of hydrogen-bond donors (Lipinski definition) is 0. The Hall–Kier alpha value is -2.80. The van der Waals surface area contributed by atoms with Crippen molar-refractivity contribution in [2.45, 2.75) is 6.61 Å². The SMILES string of the molecule is N#Cc1ccc2cc(OCc3ccccc3)nn2c1. The van der Waals surface area contributed by atoms with E-state index in [2.05, 4.69) is 11.2 Å². The van der Waals surface area contributed by atoms with Crippen molar-refractivity contribution >= 4 is 5.52 Å². The van der Waals surface area contributed by atoms with Gasteiger partial charge < -0.3 is 4.74 Å². The number of fused-ring (bicyclic) bond motifs is 1. The predicted molar refractivity (Wildman–Crippen MR) is 70.7 cm³/mol. The number of nitrogens with zero attached hydrogens (tertiary/aromatic N) is 3. The number of nitriles is 1. The zero-order valence-corrected chi connectivity index (χ0v) is 10.2. The lowest BCUT2D eigenvalue weighted by Gasteiger charge is -2.01. The summed E-state index contributed by atoms with van der Waals surface area (Å²) in [7, 11) is 0. The molecule has 4 heteroatoms. The molecule has 0 saturated heterocycles. The van der Waals surface area contributed by atoms with Gasteiger partial charge in [-0.15, -0.1) is 5.10 Å². The van der Waals surface area contributed by atoms with Crippen LogP contribution in [0.3, 0.4) is 0 Å². The fourth-order valence-electron chi connectivity index (χ4n) is 1.83. The molecule has 1 aromatic carbocycles. The van der Waals surface area contributed by atoms with Gasteiger partial charge in [-0.05, 0) is 17.7 Å². The molecule has 0 aliphatic heterocycles. The highest BCUT2D eigenvalue weighted by molar-refractivity contribution is 5.51. The molecule has 0 radical (unpaired) electrons. The fraction of sp³-hybridized carbons (Fsp3) is 0.0667. The van der Waals surface area contributed by atoms with Crippen LogP contribution in [0.2, 0.25) is 0 Å². The highest BCUT2D eigenvalue weighted by Gasteiger charge is 2.03. The summed E-state index contributed by atoms with van der Waals surface area (Å²) >= 11 is 0. The monoisotopic (exact) mass is 249 g/mol. The number of aromatic nitrogens is 2. The van der Waals surface area contributed by atoms with E-state index in [1.807, 2.05) is 42.5 Å². The Labute approximate surface area is 110 Å². The Bertz CT molecular complexity index is 741. The van der Waals surface area contributed by atoms with Crippen LogP contribution in [0.1, 0.15) is 11.1 Å². The number of pyridine rings is 1. The lowest BCUT2D eigenvalue weighted by molar-refractivity contribution is 0.292. The molecule has 3 aromatic rings. The summed E-state index contributed by atoms with van der Waals surface area (Å²) in [6.45, 7) is 0.482. The number of rotatable bonds is 3. The summed E-state index contributed by atoms with van der Waals surface area (Å²) in [6, 6.07) is 17.5. The molecule has 92 valence electrons. The van der Waals surface area contributed by atoms with Crippen molar-refractivity contribution in [1.82, 2.24) is 9.61 Å². The molecule has 0 saturated carbocycles. The van der Waals surface area contributed by atoms with Crippen molar-refractivity contribution in [3.63, 3.8) is 0 Å². The molecule has 2 aromatic heterocycles. The second-order valence-corrected chi connectivity index (χ2v) is 4.16. The molecular formula is C15H11N3O. The second kappa shape index (κ2) is 4.83. The summed E-state index contributed by atoms with van der Waals surface area (Å²) < 4.78 is 7.29. The van der Waals surface area contributed by atoms with Gasteiger partial charge >= 0.3 is 0 Å². The molecule has 0 amide bonds. The van der Waals surface area contributed by atoms with Crippen LogP contribution in [-0.2, 0) is 6.61 Å². The van der Waals surface area contributed by atoms with E-state index in [-0.39, 0.29) is 0 Å². The van der Waals surface area contributed by atoms with Crippen LogP contribution in [0.4, 0.5) is 0 Å². The summed E-state index contributed by atoms with van der Waals surface area (Å²) in [5.41, 5.74) is 2.57. The standard InChI is InChI=1S/C15H11N3O/c16-9-13-6-7-14-8-15(17-18(14)10-13)19-11-12-4-2-1-3-5-12/h1-8,10H,11H2. The molecule has 0 unspecified atom stereocenters. The van der Waals surface area contributed by atoms with E-state index in [4.69, 9.17) is 10.00 Å². The third-order valence-electron chi connectivity index (χ3n) is 2.80. The van der Waals surface area contributed by atoms with E-state index >= 15 is 0 Å². The van der Waals surface area contributed by atoms with E-state index in [0.29, 0.717) is 18.1 Å². The van der Waals surface area contributed by atoms with Gasteiger partial charge in [-0.1, -0.05) is 30.3 Å². The smallest absolute Gasteiger partial charge is 0.234 e. The quantitative estimate of drug-likeness (QED) is 0.717. The first-order chi connectivity index (χ1) is 9.35. The van der Waals surface area contributed by atoms with Gasteiger partial charge in [-0.2, -0.15) is 5.26 Å². The summed E-state index contributed by atoms with van der Waals surface area (Å²) in [5, 5.41) is 13.1. The third kappa shape index (κ3) is 2.40. The highest BCUT2D eigenvalue weighted by atomic mass is 16.5. The van der Waals surface area contributed by atoms with Gasteiger partial charge in [0.25, 0.3) is 0 Å². The molecule has 0 aliphatic carbocycles. The number of benzene rings is 1. The minimum atomic E-state index is 0.482. The Kier molecular flexibility index (Phi) is 2.87. The van der Waals surface area contributed by atoms with Crippen molar-refractivity contribution < 1.29 is 4.74 Å². The molecule has 4 nitrogen and oxygen atoms in total. The summed E-state index contributed by atoms with van der Waals surface area (Å²) in [5.74, 6) is 0.555. The maximum atomic E-state index is 8.83.